The fourth-order valence-electron chi connectivity index (χ4n) is 3.46. The molecule has 162 valence electrons. The van der Waals surface area contributed by atoms with E-state index >= 15 is 0 Å². The maximum atomic E-state index is 13.3. The number of carbonyl (C=O) groups excluding carboxylic acids is 2. The molecule has 2 aromatic rings. The number of thiophene rings is 1. The van der Waals surface area contributed by atoms with Gasteiger partial charge in [-0.1, -0.05) is 53.5 Å². The number of amides is 2. The lowest BCUT2D eigenvalue weighted by molar-refractivity contribution is -0.141. The van der Waals surface area contributed by atoms with Crippen molar-refractivity contribution in [3.8, 4) is 0 Å². The molecule has 8 heteroatoms. The van der Waals surface area contributed by atoms with Gasteiger partial charge in [-0.3, -0.25) is 9.59 Å². The minimum Gasteiger partial charge on any atom is -0.376 e. The van der Waals surface area contributed by atoms with Crippen molar-refractivity contribution in [1.82, 2.24) is 9.80 Å². The zero-order valence-electron chi connectivity index (χ0n) is 16.9. The van der Waals surface area contributed by atoms with Gasteiger partial charge in [0.15, 0.2) is 4.84 Å². The first-order valence-corrected chi connectivity index (χ1v) is 11.7. The van der Waals surface area contributed by atoms with Crippen molar-refractivity contribution in [3.63, 3.8) is 0 Å². The van der Waals surface area contributed by atoms with Crippen LogP contribution in [0.4, 0.5) is 0 Å². The van der Waals surface area contributed by atoms with Gasteiger partial charge in [0.25, 0.3) is 5.91 Å². The summed E-state index contributed by atoms with van der Waals surface area (Å²) in [6.45, 7) is 3.90. The summed E-state index contributed by atoms with van der Waals surface area (Å²) < 4.78 is 5.65. The van der Waals surface area contributed by atoms with Gasteiger partial charge < -0.3 is 14.5 Å². The molecule has 0 spiro atoms. The number of carbonyl (C=O) groups is 2. The Morgan fingerprint density at radius 3 is 2.50 bits per heavy atom. The molecule has 1 aliphatic rings. The van der Waals surface area contributed by atoms with Crippen LogP contribution in [0, 0.1) is 6.92 Å². The smallest absolute Gasteiger partial charge is 0.256 e. The van der Waals surface area contributed by atoms with Crippen LogP contribution in [0.3, 0.4) is 0 Å². The molecule has 2 heterocycles. The molecule has 30 heavy (non-hydrogen) atoms. The molecule has 1 aromatic carbocycles. The Balaban J connectivity index is 1.75. The number of alkyl halides is 2. The van der Waals surface area contributed by atoms with Gasteiger partial charge in [-0.25, -0.2) is 0 Å². The summed E-state index contributed by atoms with van der Waals surface area (Å²) in [5, 5.41) is 0. The van der Waals surface area contributed by atoms with E-state index in [4.69, 9.17) is 27.9 Å². The van der Waals surface area contributed by atoms with Crippen LogP contribution >= 0.6 is 34.5 Å². The zero-order valence-corrected chi connectivity index (χ0v) is 19.3. The van der Waals surface area contributed by atoms with Crippen LogP contribution in [0.2, 0.25) is 0 Å². The van der Waals surface area contributed by atoms with Crippen LogP contribution in [0.1, 0.15) is 28.2 Å². The van der Waals surface area contributed by atoms with Gasteiger partial charge in [0.1, 0.15) is 0 Å². The Morgan fingerprint density at radius 2 is 1.90 bits per heavy atom. The van der Waals surface area contributed by atoms with Crippen LogP contribution in [0.5, 0.6) is 0 Å². The van der Waals surface area contributed by atoms with Gasteiger partial charge in [-0.05, 0) is 37.5 Å². The summed E-state index contributed by atoms with van der Waals surface area (Å²) in [5.74, 6) is -0.612. The molecular weight excluding hydrogens is 443 g/mol. The summed E-state index contributed by atoms with van der Waals surface area (Å²) in [4.78, 5) is 30.1. The van der Waals surface area contributed by atoms with Crippen molar-refractivity contribution in [2.75, 3.05) is 19.7 Å². The van der Waals surface area contributed by atoms with E-state index in [0.29, 0.717) is 26.2 Å². The van der Waals surface area contributed by atoms with E-state index in [0.717, 1.165) is 23.3 Å². The first kappa shape index (κ1) is 23.1. The van der Waals surface area contributed by atoms with E-state index in [-0.39, 0.29) is 18.6 Å². The summed E-state index contributed by atoms with van der Waals surface area (Å²) in [5.41, 5.74) is 1.03. The molecule has 0 N–H and O–H groups in total. The molecule has 2 amide bonds. The van der Waals surface area contributed by atoms with Crippen molar-refractivity contribution in [3.05, 3.63) is 57.8 Å². The van der Waals surface area contributed by atoms with Gasteiger partial charge >= 0.3 is 0 Å². The molecule has 3 rings (SSSR count). The van der Waals surface area contributed by atoms with Gasteiger partial charge in [0.05, 0.1) is 19.2 Å². The standard InChI is InChI=1S/C22H26Cl2N2O3S/c1-16-9-10-19(30-16)14-25(12-17-6-3-2-4-7-17)20(27)15-26(22(28)21(23)24)13-18-8-5-11-29-18/h2-4,6-7,9-10,18,21H,5,8,11-15H2,1H3. The molecule has 5 nitrogen and oxygen atoms in total. The SMILES string of the molecule is Cc1ccc(CN(Cc2ccccc2)C(=O)CN(CC2CCCO2)C(=O)C(Cl)Cl)s1. The maximum absolute atomic E-state index is 13.3. The van der Waals surface area contributed by atoms with Crippen LogP contribution in [0.25, 0.3) is 0 Å². The second-order valence-electron chi connectivity index (χ2n) is 7.40. The quantitative estimate of drug-likeness (QED) is 0.512. The average molecular weight is 469 g/mol. The third-order valence-electron chi connectivity index (χ3n) is 4.98. The highest BCUT2D eigenvalue weighted by atomic mass is 35.5. The highest BCUT2D eigenvalue weighted by molar-refractivity contribution is 7.11. The van der Waals surface area contributed by atoms with E-state index in [1.165, 1.54) is 9.78 Å². The molecule has 1 aliphatic heterocycles. The Hall–Kier alpha value is -1.60. The predicted molar refractivity (Wildman–Crippen MR) is 121 cm³/mol. The van der Waals surface area contributed by atoms with E-state index in [9.17, 15) is 9.59 Å². The number of halogens is 2. The second kappa shape index (κ2) is 11.1. The number of hydrogen-bond donors (Lipinski definition) is 0. The number of ether oxygens (including phenoxy) is 1. The van der Waals surface area contributed by atoms with Crippen LogP contribution in [-0.4, -0.2) is 52.3 Å². The monoisotopic (exact) mass is 468 g/mol. The fourth-order valence-corrected chi connectivity index (χ4v) is 4.64. The normalized spacial score (nSPS) is 16.1. The third-order valence-corrected chi connectivity index (χ3v) is 6.34. The predicted octanol–water partition coefficient (Wildman–Crippen LogP) is 4.40. The lowest BCUT2D eigenvalue weighted by Gasteiger charge is -2.29. The number of aryl methyl sites for hydroxylation is 1. The number of rotatable bonds is 9. The molecule has 1 aromatic heterocycles. The summed E-state index contributed by atoms with van der Waals surface area (Å²) in [7, 11) is 0. The van der Waals surface area contributed by atoms with E-state index < -0.39 is 10.7 Å². The van der Waals surface area contributed by atoms with Crippen molar-refractivity contribution in [1.29, 1.82) is 0 Å². The average Bonchev–Trinajstić information content (AvgIpc) is 3.38. The second-order valence-corrected chi connectivity index (χ2v) is 9.87. The van der Waals surface area contributed by atoms with Gasteiger partial charge in [-0.15, -0.1) is 11.3 Å². The number of nitrogens with zero attached hydrogens (tertiary/aromatic N) is 2. The first-order valence-electron chi connectivity index (χ1n) is 9.98. The maximum Gasteiger partial charge on any atom is 0.256 e. The molecule has 0 saturated carbocycles. The largest absolute Gasteiger partial charge is 0.376 e. The van der Waals surface area contributed by atoms with Crippen molar-refractivity contribution >= 4 is 46.4 Å². The Labute approximate surface area is 191 Å². The minimum absolute atomic E-state index is 0.0776. The van der Waals surface area contributed by atoms with Gasteiger partial charge in [-0.2, -0.15) is 0 Å². The molecule has 0 aliphatic carbocycles. The summed E-state index contributed by atoms with van der Waals surface area (Å²) >= 11 is 13.4. The summed E-state index contributed by atoms with van der Waals surface area (Å²) in [6, 6.07) is 13.9. The lowest BCUT2D eigenvalue weighted by atomic mass is 10.2. The molecule has 1 fully saturated rings. The minimum atomic E-state index is -1.21. The van der Waals surface area contributed by atoms with E-state index in [2.05, 4.69) is 0 Å². The van der Waals surface area contributed by atoms with Gasteiger partial charge in [0, 0.05) is 29.5 Å². The van der Waals surface area contributed by atoms with Crippen molar-refractivity contribution in [2.45, 2.75) is 43.8 Å². The van der Waals surface area contributed by atoms with Gasteiger partial charge in [0.2, 0.25) is 5.91 Å². The third kappa shape index (κ3) is 6.71. The van der Waals surface area contributed by atoms with Crippen LogP contribution in [0.15, 0.2) is 42.5 Å². The number of hydrogen-bond acceptors (Lipinski definition) is 4. The van der Waals surface area contributed by atoms with Crippen molar-refractivity contribution < 1.29 is 14.3 Å². The fraction of sp³-hybridized carbons (Fsp3) is 0.455. The van der Waals surface area contributed by atoms with Crippen LogP contribution in [-0.2, 0) is 27.4 Å². The first-order chi connectivity index (χ1) is 14.4. The molecule has 1 atom stereocenters. The molecule has 0 radical (unpaired) electrons. The highest BCUT2D eigenvalue weighted by Gasteiger charge is 2.29. The van der Waals surface area contributed by atoms with E-state index in [1.54, 1.807) is 16.2 Å². The molecule has 0 bridgehead atoms. The highest BCUT2D eigenvalue weighted by Crippen LogP contribution is 2.20. The molecule has 1 saturated heterocycles. The Morgan fingerprint density at radius 1 is 1.13 bits per heavy atom. The number of benzene rings is 1. The zero-order chi connectivity index (χ0) is 21.5. The topological polar surface area (TPSA) is 49.9 Å². The van der Waals surface area contributed by atoms with E-state index in [1.807, 2.05) is 49.4 Å². The Bertz CT molecular complexity index is 838. The molecule has 1 unspecified atom stereocenters. The molecular formula is C22H26Cl2N2O3S. The Kier molecular flexibility index (Phi) is 8.57. The van der Waals surface area contributed by atoms with Crippen molar-refractivity contribution in [2.24, 2.45) is 0 Å². The van der Waals surface area contributed by atoms with Crippen LogP contribution < -0.4 is 0 Å². The lowest BCUT2D eigenvalue weighted by Crippen LogP contribution is -2.46. The summed E-state index contributed by atoms with van der Waals surface area (Å²) in [6.07, 6.45) is 1.72.